The number of rotatable bonds is 8. The Morgan fingerprint density at radius 2 is 1.62 bits per heavy atom. The van der Waals surface area contributed by atoms with E-state index in [1.54, 1.807) is 0 Å². The van der Waals surface area contributed by atoms with Gasteiger partial charge < -0.3 is 15.4 Å². The van der Waals surface area contributed by atoms with Crippen LogP contribution in [0.5, 0.6) is 0 Å². The molecule has 0 aliphatic carbocycles. The van der Waals surface area contributed by atoms with E-state index in [-0.39, 0.29) is 13.0 Å². The summed E-state index contributed by atoms with van der Waals surface area (Å²) in [6.45, 7) is -0.727. The summed E-state index contributed by atoms with van der Waals surface area (Å²) < 4.78 is 17.6. The second-order valence-electron chi connectivity index (χ2n) is 5.48. The summed E-state index contributed by atoms with van der Waals surface area (Å²) in [6, 6.07) is 14.7. The highest BCUT2D eigenvalue weighted by Gasteiger charge is 2.10. The van der Waals surface area contributed by atoms with E-state index in [0.29, 0.717) is 12.1 Å². The lowest BCUT2D eigenvalue weighted by Crippen LogP contribution is -2.35. The maximum atomic E-state index is 12.8. The number of esters is 1. The zero-order valence-electron chi connectivity index (χ0n) is 14.0. The van der Waals surface area contributed by atoms with Crippen molar-refractivity contribution < 1.29 is 23.5 Å². The first-order valence-corrected chi connectivity index (χ1v) is 8.04. The number of amides is 2. The molecule has 26 heavy (non-hydrogen) atoms. The molecule has 2 amide bonds. The Morgan fingerprint density at radius 3 is 2.31 bits per heavy atom. The minimum absolute atomic E-state index is 0.169. The number of hydrogen-bond donors (Lipinski definition) is 2. The molecule has 0 aromatic heterocycles. The molecule has 0 radical (unpaired) electrons. The van der Waals surface area contributed by atoms with Gasteiger partial charge in [-0.3, -0.25) is 14.4 Å². The Labute approximate surface area is 150 Å². The van der Waals surface area contributed by atoms with Crippen LogP contribution in [0.4, 0.5) is 10.1 Å². The van der Waals surface area contributed by atoms with Gasteiger partial charge in [0, 0.05) is 12.1 Å². The highest BCUT2D eigenvalue weighted by atomic mass is 19.1. The standard InChI is InChI=1S/C19H19FN2O4/c20-15-7-9-16(10-8-15)22-17(23)12-21-18(24)13-26-19(25)11-6-14-4-2-1-3-5-14/h1-5,7-10H,6,11-13H2,(H,21,24)(H,22,23). The van der Waals surface area contributed by atoms with Crippen molar-refractivity contribution in [2.45, 2.75) is 12.8 Å². The molecule has 2 aromatic carbocycles. The van der Waals surface area contributed by atoms with Crippen LogP contribution in [0, 0.1) is 5.82 Å². The Morgan fingerprint density at radius 1 is 0.923 bits per heavy atom. The van der Waals surface area contributed by atoms with Crippen molar-refractivity contribution in [2.75, 3.05) is 18.5 Å². The van der Waals surface area contributed by atoms with Crippen LogP contribution in [-0.4, -0.2) is 30.9 Å². The van der Waals surface area contributed by atoms with E-state index in [1.165, 1.54) is 24.3 Å². The number of hydrogen-bond acceptors (Lipinski definition) is 4. The van der Waals surface area contributed by atoms with Gasteiger partial charge in [-0.25, -0.2) is 4.39 Å². The van der Waals surface area contributed by atoms with Gasteiger partial charge in [-0.05, 0) is 36.2 Å². The molecule has 136 valence electrons. The summed E-state index contributed by atoms with van der Waals surface area (Å²) in [6.07, 6.45) is 0.698. The molecule has 0 fully saturated rings. The van der Waals surface area contributed by atoms with E-state index in [4.69, 9.17) is 4.74 Å². The van der Waals surface area contributed by atoms with E-state index in [1.807, 2.05) is 30.3 Å². The molecular formula is C19H19FN2O4. The molecule has 2 aromatic rings. The molecule has 0 heterocycles. The summed E-state index contributed by atoms with van der Waals surface area (Å²) >= 11 is 0. The first-order valence-electron chi connectivity index (χ1n) is 8.04. The van der Waals surface area contributed by atoms with Crippen LogP contribution in [0.25, 0.3) is 0 Å². The van der Waals surface area contributed by atoms with Crippen LogP contribution in [0.1, 0.15) is 12.0 Å². The number of benzene rings is 2. The molecule has 0 saturated heterocycles. The first kappa shape index (κ1) is 19.1. The largest absolute Gasteiger partial charge is 0.456 e. The summed E-state index contributed by atoms with van der Waals surface area (Å²) in [5.74, 6) is -1.95. The molecule has 0 atom stereocenters. The van der Waals surface area contributed by atoms with Crippen LogP contribution in [-0.2, 0) is 25.5 Å². The molecule has 0 aliphatic heterocycles. The second-order valence-corrected chi connectivity index (χ2v) is 5.48. The number of nitrogens with one attached hydrogen (secondary N) is 2. The van der Waals surface area contributed by atoms with Gasteiger partial charge in [0.25, 0.3) is 5.91 Å². The molecule has 0 saturated carbocycles. The molecule has 6 nitrogen and oxygen atoms in total. The number of ether oxygens (including phenoxy) is 1. The van der Waals surface area contributed by atoms with Crippen molar-refractivity contribution in [2.24, 2.45) is 0 Å². The van der Waals surface area contributed by atoms with Crippen molar-refractivity contribution in [3.63, 3.8) is 0 Å². The second kappa shape index (κ2) is 9.93. The summed E-state index contributed by atoms with van der Waals surface area (Å²) in [7, 11) is 0. The molecule has 0 bridgehead atoms. The summed E-state index contributed by atoms with van der Waals surface area (Å²) in [5, 5.41) is 4.84. The van der Waals surface area contributed by atoms with Gasteiger partial charge >= 0.3 is 5.97 Å². The zero-order chi connectivity index (χ0) is 18.8. The van der Waals surface area contributed by atoms with Crippen LogP contribution in [0.3, 0.4) is 0 Å². The number of halogens is 1. The van der Waals surface area contributed by atoms with E-state index in [2.05, 4.69) is 10.6 Å². The van der Waals surface area contributed by atoms with Crippen molar-refractivity contribution >= 4 is 23.5 Å². The smallest absolute Gasteiger partial charge is 0.306 e. The van der Waals surface area contributed by atoms with Gasteiger partial charge in [0.1, 0.15) is 5.82 Å². The molecular weight excluding hydrogens is 339 g/mol. The number of aryl methyl sites for hydroxylation is 1. The zero-order valence-corrected chi connectivity index (χ0v) is 14.0. The highest BCUT2D eigenvalue weighted by molar-refractivity contribution is 5.94. The number of carbonyl (C=O) groups excluding carboxylic acids is 3. The third kappa shape index (κ3) is 7.12. The highest BCUT2D eigenvalue weighted by Crippen LogP contribution is 2.07. The maximum absolute atomic E-state index is 12.8. The maximum Gasteiger partial charge on any atom is 0.306 e. The number of anilines is 1. The van der Waals surface area contributed by atoms with E-state index < -0.39 is 30.2 Å². The SMILES string of the molecule is O=C(COC(=O)CCc1ccccc1)NCC(=O)Nc1ccc(F)cc1. The fraction of sp³-hybridized carbons (Fsp3) is 0.211. The lowest BCUT2D eigenvalue weighted by Gasteiger charge is -2.08. The van der Waals surface area contributed by atoms with Crippen LogP contribution < -0.4 is 10.6 Å². The normalized spacial score (nSPS) is 10.0. The Bertz CT molecular complexity index is 748. The Hall–Kier alpha value is -3.22. The Balaban J connectivity index is 1.61. The van der Waals surface area contributed by atoms with Gasteiger partial charge in [0.15, 0.2) is 6.61 Å². The quantitative estimate of drug-likeness (QED) is 0.708. The number of carbonyl (C=O) groups is 3. The molecule has 0 aliphatic rings. The summed E-state index contributed by atoms with van der Waals surface area (Å²) in [4.78, 5) is 34.9. The van der Waals surface area contributed by atoms with Crippen LogP contribution in [0.15, 0.2) is 54.6 Å². The van der Waals surface area contributed by atoms with Crippen molar-refractivity contribution in [1.82, 2.24) is 5.32 Å². The molecule has 0 spiro atoms. The lowest BCUT2D eigenvalue weighted by molar-refractivity contribution is -0.148. The Kier molecular flexibility index (Phi) is 7.30. The van der Waals surface area contributed by atoms with E-state index >= 15 is 0 Å². The van der Waals surface area contributed by atoms with Crippen LogP contribution >= 0.6 is 0 Å². The van der Waals surface area contributed by atoms with Gasteiger partial charge in [-0.15, -0.1) is 0 Å². The molecule has 2 N–H and O–H groups in total. The predicted molar refractivity (Wildman–Crippen MR) is 93.8 cm³/mol. The fourth-order valence-corrected chi connectivity index (χ4v) is 2.08. The van der Waals surface area contributed by atoms with E-state index in [9.17, 15) is 18.8 Å². The first-order chi connectivity index (χ1) is 12.5. The molecule has 2 rings (SSSR count). The van der Waals surface area contributed by atoms with Crippen molar-refractivity contribution in [3.05, 3.63) is 66.0 Å². The topological polar surface area (TPSA) is 84.5 Å². The van der Waals surface area contributed by atoms with Gasteiger partial charge in [-0.1, -0.05) is 30.3 Å². The average molecular weight is 358 g/mol. The lowest BCUT2D eigenvalue weighted by atomic mass is 10.1. The molecule has 0 unspecified atom stereocenters. The average Bonchev–Trinajstić information content (AvgIpc) is 2.65. The van der Waals surface area contributed by atoms with Gasteiger partial charge in [-0.2, -0.15) is 0 Å². The minimum Gasteiger partial charge on any atom is -0.456 e. The third-order valence-corrected chi connectivity index (χ3v) is 3.40. The monoisotopic (exact) mass is 358 g/mol. The fourth-order valence-electron chi connectivity index (χ4n) is 2.08. The van der Waals surface area contributed by atoms with Crippen molar-refractivity contribution in [3.8, 4) is 0 Å². The van der Waals surface area contributed by atoms with Crippen LogP contribution in [0.2, 0.25) is 0 Å². The predicted octanol–water partition coefficient (Wildman–Crippen LogP) is 2.06. The van der Waals surface area contributed by atoms with Gasteiger partial charge in [0.2, 0.25) is 5.91 Å². The van der Waals surface area contributed by atoms with Gasteiger partial charge in [0.05, 0.1) is 6.54 Å². The molecule has 7 heteroatoms. The minimum atomic E-state index is -0.577. The van der Waals surface area contributed by atoms with E-state index in [0.717, 1.165) is 5.56 Å². The van der Waals surface area contributed by atoms with Crippen molar-refractivity contribution in [1.29, 1.82) is 0 Å². The third-order valence-electron chi connectivity index (χ3n) is 3.40. The summed E-state index contributed by atoms with van der Waals surface area (Å²) in [5.41, 5.74) is 1.42.